The summed E-state index contributed by atoms with van der Waals surface area (Å²) in [6.07, 6.45) is 8.80. The zero-order valence-corrected chi connectivity index (χ0v) is 38.4. The standard InChI is InChI=1S/C63H55N3/c1-46-12-30-55(31-13-46)64(56-32-14-47(2)15-33-56)60-40-26-51(27-41-60)22-24-53-8-6-10-62(44-53)66(59-38-20-50(5)21-39-59)63-11-7-9-54(45-63)25-23-52-28-42-61(43-29-52)65(57-34-16-48(3)17-35-57)58-36-18-49(4)19-37-58/h6-45H,1-5H3. The third-order valence-electron chi connectivity index (χ3n) is 12.0. The monoisotopic (exact) mass is 853 g/mol. The van der Waals surface area contributed by atoms with E-state index in [4.69, 9.17) is 0 Å². The Hall–Kier alpha value is -8.14. The minimum atomic E-state index is 1.09. The van der Waals surface area contributed by atoms with Crippen LogP contribution in [0.25, 0.3) is 24.3 Å². The van der Waals surface area contributed by atoms with E-state index in [1.165, 1.54) is 27.8 Å². The summed E-state index contributed by atoms with van der Waals surface area (Å²) in [6.45, 7) is 10.6. The maximum Gasteiger partial charge on any atom is 0.0467 e. The van der Waals surface area contributed by atoms with Gasteiger partial charge in [0.15, 0.2) is 0 Å². The summed E-state index contributed by atoms with van der Waals surface area (Å²) in [6, 6.07) is 78.8. The molecule has 0 aromatic heterocycles. The topological polar surface area (TPSA) is 9.72 Å². The van der Waals surface area contributed by atoms with Gasteiger partial charge in [0.25, 0.3) is 0 Å². The summed E-state index contributed by atoms with van der Waals surface area (Å²) in [5.74, 6) is 0. The normalized spacial score (nSPS) is 11.3. The van der Waals surface area contributed by atoms with E-state index < -0.39 is 0 Å². The van der Waals surface area contributed by atoms with Crippen LogP contribution < -0.4 is 14.7 Å². The molecule has 9 rings (SSSR count). The summed E-state index contributed by atoms with van der Waals surface area (Å²) in [7, 11) is 0. The molecule has 0 aliphatic rings. The molecule has 0 atom stereocenters. The number of aryl methyl sites for hydroxylation is 5. The maximum atomic E-state index is 2.34. The molecule has 9 aromatic rings. The SMILES string of the molecule is Cc1ccc(N(c2ccc(C)cc2)c2ccc(C=Cc3cccc(N(c4ccc(C)cc4)c4cccc(C=Cc5ccc(N(c6ccc(C)cc6)c6ccc(C)cc6)cc5)c4)c3)cc2)cc1. The van der Waals surface area contributed by atoms with E-state index in [-0.39, 0.29) is 0 Å². The molecule has 322 valence electrons. The first-order valence-electron chi connectivity index (χ1n) is 22.7. The lowest BCUT2D eigenvalue weighted by Gasteiger charge is -2.26. The summed E-state index contributed by atoms with van der Waals surface area (Å²) in [5.41, 5.74) is 20.8. The number of hydrogen-bond donors (Lipinski definition) is 0. The van der Waals surface area contributed by atoms with Gasteiger partial charge in [0.2, 0.25) is 0 Å². The van der Waals surface area contributed by atoms with Crippen LogP contribution in [-0.2, 0) is 0 Å². The molecule has 0 fully saturated rings. The van der Waals surface area contributed by atoms with Crippen molar-refractivity contribution in [1.29, 1.82) is 0 Å². The Morgan fingerprint density at radius 1 is 0.212 bits per heavy atom. The predicted molar refractivity (Wildman–Crippen MR) is 285 cm³/mol. The van der Waals surface area contributed by atoms with Crippen LogP contribution in [0.15, 0.2) is 218 Å². The van der Waals surface area contributed by atoms with Gasteiger partial charge in [-0.15, -0.1) is 0 Å². The fourth-order valence-corrected chi connectivity index (χ4v) is 8.20. The Morgan fingerprint density at radius 3 is 0.682 bits per heavy atom. The van der Waals surface area contributed by atoms with Crippen LogP contribution in [0.2, 0.25) is 0 Å². The van der Waals surface area contributed by atoms with E-state index in [9.17, 15) is 0 Å². The van der Waals surface area contributed by atoms with E-state index in [0.29, 0.717) is 0 Å². The Balaban J connectivity index is 0.959. The van der Waals surface area contributed by atoms with Crippen molar-refractivity contribution in [2.45, 2.75) is 34.6 Å². The van der Waals surface area contributed by atoms with E-state index in [1.807, 2.05) is 0 Å². The second kappa shape index (κ2) is 19.7. The zero-order chi connectivity index (χ0) is 45.4. The molecule has 66 heavy (non-hydrogen) atoms. The van der Waals surface area contributed by atoms with Crippen molar-refractivity contribution in [2.75, 3.05) is 14.7 Å². The number of rotatable bonds is 13. The molecule has 0 aliphatic heterocycles. The van der Waals surface area contributed by atoms with E-state index in [2.05, 4.69) is 292 Å². The van der Waals surface area contributed by atoms with Crippen molar-refractivity contribution in [3.8, 4) is 0 Å². The second-order valence-corrected chi connectivity index (χ2v) is 17.2. The van der Waals surface area contributed by atoms with Gasteiger partial charge in [-0.3, -0.25) is 0 Å². The summed E-state index contributed by atoms with van der Waals surface area (Å²) in [4.78, 5) is 6.96. The Bertz CT molecular complexity index is 2790. The fourth-order valence-electron chi connectivity index (χ4n) is 8.20. The Kier molecular flexibility index (Phi) is 12.9. The number of anilines is 9. The van der Waals surface area contributed by atoms with Gasteiger partial charge in [-0.2, -0.15) is 0 Å². The zero-order valence-electron chi connectivity index (χ0n) is 38.4. The van der Waals surface area contributed by atoms with Crippen LogP contribution >= 0.6 is 0 Å². The van der Waals surface area contributed by atoms with Crippen LogP contribution in [0, 0.1) is 34.6 Å². The highest BCUT2D eigenvalue weighted by Gasteiger charge is 2.16. The molecule has 0 N–H and O–H groups in total. The first-order valence-corrected chi connectivity index (χ1v) is 22.7. The summed E-state index contributed by atoms with van der Waals surface area (Å²) in [5, 5.41) is 0. The fraction of sp³-hybridized carbons (Fsp3) is 0.0794. The molecular formula is C63H55N3. The molecule has 0 amide bonds. The number of benzene rings is 9. The summed E-state index contributed by atoms with van der Waals surface area (Å²) < 4.78 is 0. The molecule has 0 unspecified atom stereocenters. The van der Waals surface area contributed by atoms with Gasteiger partial charge in [-0.25, -0.2) is 0 Å². The van der Waals surface area contributed by atoms with Crippen LogP contribution in [0.5, 0.6) is 0 Å². The van der Waals surface area contributed by atoms with Crippen molar-refractivity contribution in [2.24, 2.45) is 0 Å². The van der Waals surface area contributed by atoms with Crippen LogP contribution in [0.1, 0.15) is 50.1 Å². The predicted octanol–water partition coefficient (Wildman–Crippen LogP) is 18.0. The highest BCUT2D eigenvalue weighted by molar-refractivity contribution is 5.83. The summed E-state index contributed by atoms with van der Waals surface area (Å²) >= 11 is 0. The molecule has 0 saturated carbocycles. The molecular weight excluding hydrogens is 799 g/mol. The van der Waals surface area contributed by atoms with Gasteiger partial charge in [0, 0.05) is 51.2 Å². The first kappa shape index (κ1) is 43.1. The highest BCUT2D eigenvalue weighted by Crippen LogP contribution is 2.38. The third-order valence-corrected chi connectivity index (χ3v) is 12.0. The molecule has 0 bridgehead atoms. The smallest absolute Gasteiger partial charge is 0.0467 e. The molecule has 3 nitrogen and oxygen atoms in total. The van der Waals surface area contributed by atoms with E-state index >= 15 is 0 Å². The van der Waals surface area contributed by atoms with Crippen molar-refractivity contribution in [3.63, 3.8) is 0 Å². The average molecular weight is 854 g/mol. The van der Waals surface area contributed by atoms with E-state index in [0.717, 1.165) is 73.4 Å². The Morgan fingerprint density at radius 2 is 0.424 bits per heavy atom. The lowest BCUT2D eigenvalue weighted by molar-refractivity contribution is 1.27. The second-order valence-electron chi connectivity index (χ2n) is 17.2. The first-order chi connectivity index (χ1) is 32.2. The van der Waals surface area contributed by atoms with Crippen molar-refractivity contribution >= 4 is 75.5 Å². The third kappa shape index (κ3) is 10.3. The Labute approximate surface area is 391 Å². The maximum absolute atomic E-state index is 2.34. The number of nitrogens with zero attached hydrogens (tertiary/aromatic N) is 3. The largest absolute Gasteiger partial charge is 0.311 e. The van der Waals surface area contributed by atoms with Crippen LogP contribution in [0.4, 0.5) is 51.2 Å². The number of hydrogen-bond acceptors (Lipinski definition) is 3. The molecule has 0 aliphatic carbocycles. The molecule has 9 aromatic carbocycles. The molecule has 0 spiro atoms. The van der Waals surface area contributed by atoms with Gasteiger partial charge in [-0.05, 0) is 166 Å². The molecule has 0 saturated heterocycles. The van der Waals surface area contributed by atoms with Gasteiger partial charge in [0.1, 0.15) is 0 Å². The highest BCUT2D eigenvalue weighted by atomic mass is 15.2. The van der Waals surface area contributed by atoms with Gasteiger partial charge in [0.05, 0.1) is 0 Å². The molecule has 0 heterocycles. The minimum Gasteiger partial charge on any atom is -0.311 e. The van der Waals surface area contributed by atoms with Gasteiger partial charge in [-0.1, -0.05) is 161 Å². The van der Waals surface area contributed by atoms with Crippen molar-refractivity contribution in [3.05, 3.63) is 268 Å². The van der Waals surface area contributed by atoms with E-state index in [1.54, 1.807) is 0 Å². The van der Waals surface area contributed by atoms with Gasteiger partial charge >= 0.3 is 0 Å². The van der Waals surface area contributed by atoms with Crippen LogP contribution in [0.3, 0.4) is 0 Å². The van der Waals surface area contributed by atoms with Gasteiger partial charge < -0.3 is 14.7 Å². The van der Waals surface area contributed by atoms with Crippen molar-refractivity contribution in [1.82, 2.24) is 0 Å². The quantitative estimate of drug-likeness (QED) is 0.107. The van der Waals surface area contributed by atoms with Crippen molar-refractivity contribution < 1.29 is 0 Å². The molecule has 3 heteroatoms. The minimum absolute atomic E-state index is 1.09. The lowest BCUT2D eigenvalue weighted by Crippen LogP contribution is -2.10. The molecule has 0 radical (unpaired) electrons. The van der Waals surface area contributed by atoms with Crippen LogP contribution in [-0.4, -0.2) is 0 Å². The lowest BCUT2D eigenvalue weighted by atomic mass is 10.1. The average Bonchev–Trinajstić information content (AvgIpc) is 3.34.